The van der Waals surface area contributed by atoms with E-state index in [9.17, 15) is 8.42 Å². The van der Waals surface area contributed by atoms with Gasteiger partial charge in [-0.05, 0) is 13.0 Å². The van der Waals surface area contributed by atoms with Gasteiger partial charge < -0.3 is 5.73 Å². The van der Waals surface area contributed by atoms with Gasteiger partial charge in [0.25, 0.3) is 0 Å². The van der Waals surface area contributed by atoms with Crippen molar-refractivity contribution in [2.45, 2.75) is 18.5 Å². The SMILES string of the molecule is Cc1nc(CN)cc(S(C)(=O)=O)n1. The number of sulfone groups is 1. The van der Waals surface area contributed by atoms with Gasteiger partial charge in [0.2, 0.25) is 0 Å². The molecule has 0 amide bonds. The Kier molecular flexibility index (Phi) is 2.63. The van der Waals surface area contributed by atoms with Gasteiger partial charge in [-0.25, -0.2) is 18.4 Å². The van der Waals surface area contributed by atoms with Gasteiger partial charge in [-0.3, -0.25) is 0 Å². The van der Waals surface area contributed by atoms with E-state index in [-0.39, 0.29) is 11.6 Å². The molecular weight excluding hydrogens is 190 g/mol. The van der Waals surface area contributed by atoms with Crippen molar-refractivity contribution in [1.82, 2.24) is 9.97 Å². The van der Waals surface area contributed by atoms with E-state index in [1.807, 2.05) is 0 Å². The predicted octanol–water partition coefficient (Wildman–Crippen LogP) is -0.353. The number of rotatable bonds is 2. The smallest absolute Gasteiger partial charge is 0.192 e. The van der Waals surface area contributed by atoms with Crippen LogP contribution in [0.3, 0.4) is 0 Å². The highest BCUT2D eigenvalue weighted by Gasteiger charge is 2.10. The number of hydrogen-bond acceptors (Lipinski definition) is 5. The molecule has 72 valence electrons. The van der Waals surface area contributed by atoms with Crippen molar-refractivity contribution >= 4 is 9.84 Å². The normalized spacial score (nSPS) is 11.6. The summed E-state index contributed by atoms with van der Waals surface area (Å²) < 4.78 is 22.2. The third-order valence-electron chi connectivity index (χ3n) is 1.46. The van der Waals surface area contributed by atoms with Crippen LogP contribution in [0.15, 0.2) is 11.1 Å². The minimum atomic E-state index is -3.26. The van der Waals surface area contributed by atoms with Crippen molar-refractivity contribution in [1.29, 1.82) is 0 Å². The summed E-state index contributed by atoms with van der Waals surface area (Å²) in [6, 6.07) is 1.39. The van der Waals surface area contributed by atoms with Crippen LogP contribution < -0.4 is 5.73 Å². The summed E-state index contributed by atoms with van der Waals surface area (Å²) in [4.78, 5) is 7.76. The highest BCUT2D eigenvalue weighted by atomic mass is 32.2. The van der Waals surface area contributed by atoms with E-state index in [1.165, 1.54) is 6.07 Å². The van der Waals surface area contributed by atoms with Crippen LogP contribution in [-0.4, -0.2) is 24.6 Å². The highest BCUT2D eigenvalue weighted by Crippen LogP contribution is 2.06. The summed E-state index contributed by atoms with van der Waals surface area (Å²) in [5.41, 5.74) is 5.88. The van der Waals surface area contributed by atoms with Gasteiger partial charge in [0.05, 0.1) is 5.69 Å². The number of nitrogens with two attached hydrogens (primary N) is 1. The van der Waals surface area contributed by atoms with E-state index in [2.05, 4.69) is 9.97 Å². The molecule has 0 radical (unpaired) electrons. The maximum absolute atomic E-state index is 11.1. The Labute approximate surface area is 76.9 Å². The van der Waals surface area contributed by atoms with Gasteiger partial charge in [-0.1, -0.05) is 0 Å². The molecular formula is C7H11N3O2S. The van der Waals surface area contributed by atoms with Gasteiger partial charge in [0, 0.05) is 12.8 Å². The standard InChI is InChI=1S/C7H11N3O2S/c1-5-9-6(4-8)3-7(10-5)13(2,11)12/h3H,4,8H2,1-2H3. The first kappa shape index (κ1) is 10.1. The predicted molar refractivity (Wildman–Crippen MR) is 47.8 cm³/mol. The second-order valence-electron chi connectivity index (χ2n) is 2.72. The summed E-state index contributed by atoms with van der Waals surface area (Å²) in [5, 5.41) is 0.0282. The van der Waals surface area contributed by atoms with Gasteiger partial charge in [-0.15, -0.1) is 0 Å². The summed E-state index contributed by atoms with van der Waals surface area (Å²) >= 11 is 0. The van der Waals surface area contributed by atoms with Crippen LogP contribution in [0.4, 0.5) is 0 Å². The van der Waals surface area contributed by atoms with E-state index < -0.39 is 9.84 Å². The molecule has 0 aliphatic carbocycles. The Balaban J connectivity index is 3.33. The first-order chi connectivity index (χ1) is 5.93. The lowest BCUT2D eigenvalue weighted by atomic mass is 10.4. The van der Waals surface area contributed by atoms with Crippen LogP contribution in [-0.2, 0) is 16.4 Å². The van der Waals surface area contributed by atoms with Gasteiger partial charge in [0.15, 0.2) is 14.9 Å². The van der Waals surface area contributed by atoms with Crippen LogP contribution in [0, 0.1) is 6.92 Å². The zero-order valence-electron chi connectivity index (χ0n) is 7.48. The van der Waals surface area contributed by atoms with Crippen LogP contribution in [0.2, 0.25) is 0 Å². The van der Waals surface area contributed by atoms with Crippen LogP contribution in [0.25, 0.3) is 0 Å². The third kappa shape index (κ3) is 2.46. The largest absolute Gasteiger partial charge is 0.325 e. The summed E-state index contributed by atoms with van der Waals surface area (Å²) in [5.74, 6) is 0.420. The lowest BCUT2D eigenvalue weighted by molar-refractivity contribution is 0.596. The fourth-order valence-electron chi connectivity index (χ4n) is 0.894. The summed E-state index contributed by atoms with van der Waals surface area (Å²) in [6.07, 6.45) is 1.11. The second-order valence-corrected chi connectivity index (χ2v) is 4.68. The molecule has 0 atom stereocenters. The third-order valence-corrected chi connectivity index (χ3v) is 2.43. The molecule has 0 aromatic carbocycles. The number of nitrogens with zero attached hydrogens (tertiary/aromatic N) is 2. The molecule has 1 aromatic heterocycles. The average molecular weight is 201 g/mol. The molecule has 0 saturated carbocycles. The molecule has 1 heterocycles. The molecule has 0 bridgehead atoms. The molecule has 6 heteroatoms. The minimum Gasteiger partial charge on any atom is -0.325 e. The Morgan fingerprint density at radius 3 is 2.54 bits per heavy atom. The van der Waals surface area contributed by atoms with Gasteiger partial charge >= 0.3 is 0 Å². The van der Waals surface area contributed by atoms with Crippen LogP contribution in [0.1, 0.15) is 11.5 Å². The van der Waals surface area contributed by atoms with E-state index in [1.54, 1.807) is 6.92 Å². The molecule has 1 rings (SSSR count). The Morgan fingerprint density at radius 2 is 2.08 bits per heavy atom. The fourth-order valence-corrected chi connectivity index (χ4v) is 1.54. The fraction of sp³-hybridized carbons (Fsp3) is 0.429. The number of aryl methyl sites for hydroxylation is 1. The Hall–Kier alpha value is -1.01. The summed E-state index contributed by atoms with van der Waals surface area (Å²) in [6.45, 7) is 1.85. The maximum atomic E-state index is 11.1. The molecule has 2 N–H and O–H groups in total. The molecule has 0 aliphatic rings. The zero-order valence-corrected chi connectivity index (χ0v) is 8.30. The zero-order chi connectivity index (χ0) is 10.1. The van der Waals surface area contributed by atoms with E-state index >= 15 is 0 Å². The number of hydrogen-bond donors (Lipinski definition) is 1. The minimum absolute atomic E-state index is 0.0282. The van der Waals surface area contributed by atoms with Gasteiger partial charge in [0.1, 0.15) is 5.82 Å². The first-order valence-electron chi connectivity index (χ1n) is 3.68. The lowest BCUT2D eigenvalue weighted by Crippen LogP contribution is -2.08. The second kappa shape index (κ2) is 3.39. The van der Waals surface area contributed by atoms with Crippen molar-refractivity contribution in [2.24, 2.45) is 5.73 Å². The molecule has 0 fully saturated rings. The highest BCUT2D eigenvalue weighted by molar-refractivity contribution is 7.90. The maximum Gasteiger partial charge on any atom is 0.192 e. The van der Waals surface area contributed by atoms with E-state index in [0.717, 1.165) is 6.26 Å². The molecule has 13 heavy (non-hydrogen) atoms. The first-order valence-corrected chi connectivity index (χ1v) is 5.57. The van der Waals surface area contributed by atoms with Crippen LogP contribution >= 0.6 is 0 Å². The molecule has 0 aliphatic heterocycles. The quantitative estimate of drug-likeness (QED) is 0.661. The van der Waals surface area contributed by atoms with Crippen LogP contribution in [0.5, 0.6) is 0 Å². The van der Waals surface area contributed by atoms with Crippen molar-refractivity contribution in [2.75, 3.05) is 6.26 Å². The van der Waals surface area contributed by atoms with Crippen molar-refractivity contribution < 1.29 is 8.42 Å². The van der Waals surface area contributed by atoms with Crippen molar-refractivity contribution in [3.63, 3.8) is 0 Å². The Bertz CT molecular complexity index is 414. The van der Waals surface area contributed by atoms with Crippen molar-refractivity contribution in [3.05, 3.63) is 17.6 Å². The Morgan fingerprint density at radius 1 is 1.46 bits per heavy atom. The van der Waals surface area contributed by atoms with Gasteiger partial charge in [-0.2, -0.15) is 0 Å². The molecule has 0 saturated heterocycles. The lowest BCUT2D eigenvalue weighted by Gasteiger charge is -2.01. The number of aromatic nitrogens is 2. The molecule has 1 aromatic rings. The topological polar surface area (TPSA) is 85.9 Å². The van der Waals surface area contributed by atoms with E-state index in [4.69, 9.17) is 5.73 Å². The molecule has 5 nitrogen and oxygen atoms in total. The molecule has 0 spiro atoms. The molecule has 0 unspecified atom stereocenters. The van der Waals surface area contributed by atoms with E-state index in [0.29, 0.717) is 11.5 Å². The summed E-state index contributed by atoms with van der Waals surface area (Å²) in [7, 11) is -3.26. The monoisotopic (exact) mass is 201 g/mol. The average Bonchev–Trinajstić information content (AvgIpc) is 2.01. The van der Waals surface area contributed by atoms with Crippen molar-refractivity contribution in [3.8, 4) is 0 Å².